The van der Waals surface area contributed by atoms with Gasteiger partial charge >= 0.3 is 0 Å². The fraction of sp³-hybridized carbons (Fsp3) is 0.385. The van der Waals surface area contributed by atoms with E-state index >= 15 is 0 Å². The van der Waals surface area contributed by atoms with Crippen molar-refractivity contribution < 1.29 is 0 Å². The lowest BCUT2D eigenvalue weighted by Gasteiger charge is -2.60. The van der Waals surface area contributed by atoms with Crippen molar-refractivity contribution in [3.63, 3.8) is 0 Å². The van der Waals surface area contributed by atoms with E-state index in [1.54, 1.807) is 0 Å². The number of hydrogen-bond donors (Lipinski definition) is 0. The zero-order chi connectivity index (χ0) is 20.4. The van der Waals surface area contributed by atoms with E-state index < -0.39 is 16.1 Å². The average molecular weight is 466 g/mol. The maximum atomic E-state index is 6.07. The third-order valence-electron chi connectivity index (χ3n) is 10.1. The maximum Gasteiger partial charge on any atom is 0.0820 e. The zero-order valence-corrected chi connectivity index (χ0v) is 20.8. The molecule has 2 aromatic rings. The highest BCUT2D eigenvalue weighted by Gasteiger charge is 2.94. The van der Waals surface area contributed by atoms with Gasteiger partial charge in [-0.15, -0.1) is 0 Å². The summed E-state index contributed by atoms with van der Waals surface area (Å²) >= 11 is 12.1. The minimum absolute atomic E-state index is 0.829. The van der Waals surface area contributed by atoms with E-state index in [1.807, 2.05) is 24.3 Å². The Morgan fingerprint density at radius 3 is 1.17 bits per heavy atom. The summed E-state index contributed by atoms with van der Waals surface area (Å²) in [6.07, 6.45) is 4.86. The van der Waals surface area contributed by atoms with E-state index in [9.17, 15) is 0 Å². The highest BCUT2D eigenvalue weighted by Crippen LogP contribution is 3.00. The van der Waals surface area contributed by atoms with Crippen molar-refractivity contribution in [1.29, 1.82) is 0 Å². The minimum Gasteiger partial charge on any atom is -0.0933 e. The molecule has 6 fully saturated rings. The molecule has 6 aliphatic rings. The van der Waals surface area contributed by atoms with Gasteiger partial charge in [-0.1, -0.05) is 84.1 Å². The van der Waals surface area contributed by atoms with Gasteiger partial charge in [0.2, 0.25) is 0 Å². The molecule has 0 nitrogen and oxygen atoms in total. The summed E-state index contributed by atoms with van der Waals surface area (Å²) in [6.45, 7) is 5.43. The zero-order valence-electron chi connectivity index (χ0n) is 17.3. The van der Waals surface area contributed by atoms with Gasteiger partial charge in [-0.3, -0.25) is 0 Å². The van der Waals surface area contributed by atoms with Crippen LogP contribution in [0.3, 0.4) is 0 Å². The largest absolute Gasteiger partial charge is 0.0933 e. The third-order valence-corrected chi connectivity index (χ3v) is 21.2. The van der Waals surface area contributed by atoms with Crippen LogP contribution in [0.2, 0.25) is 45.3 Å². The molecule has 0 aromatic heterocycles. The molecule has 0 N–H and O–H groups in total. The van der Waals surface area contributed by atoms with Crippen molar-refractivity contribution in [1.82, 2.24) is 0 Å². The molecule has 2 aliphatic carbocycles. The number of halogens is 2. The molecule has 30 heavy (non-hydrogen) atoms. The second-order valence-electron chi connectivity index (χ2n) is 10.9. The first-order chi connectivity index (χ1) is 14.4. The lowest BCUT2D eigenvalue weighted by atomic mass is 9.45. The van der Waals surface area contributed by atoms with Crippen LogP contribution in [0.15, 0.2) is 59.9 Å². The van der Waals surface area contributed by atoms with Crippen molar-refractivity contribution in [3.8, 4) is 0 Å². The molecule has 4 aliphatic heterocycles. The van der Waals surface area contributed by atoms with E-state index in [0.717, 1.165) is 55.9 Å². The molecule has 0 atom stereocenters. The van der Waals surface area contributed by atoms with E-state index in [0.29, 0.717) is 0 Å². The lowest BCUT2D eigenvalue weighted by molar-refractivity contribution is -0.0323. The minimum atomic E-state index is -1.30. The molecule has 0 amide bonds. The fourth-order valence-corrected chi connectivity index (χ4v) is 23.4. The summed E-state index contributed by atoms with van der Waals surface area (Å²) in [6, 6.07) is 16.7. The molecule has 4 heteroatoms. The van der Waals surface area contributed by atoms with Gasteiger partial charge in [-0.2, -0.15) is 0 Å². The Hall–Kier alpha value is -1.07. The van der Waals surface area contributed by atoms with Crippen LogP contribution in [0.1, 0.15) is 11.1 Å². The first kappa shape index (κ1) is 18.5. The summed E-state index contributed by atoms with van der Waals surface area (Å²) < 4.78 is 0. The average Bonchev–Trinajstić information content (AvgIpc) is 3.14. The Kier molecular flexibility index (Phi) is 3.60. The molecule has 0 spiro atoms. The van der Waals surface area contributed by atoms with Gasteiger partial charge in [0, 0.05) is 10.0 Å². The second-order valence-corrected chi connectivity index (χ2v) is 20.6. The smallest absolute Gasteiger partial charge is 0.0820 e. The predicted molar refractivity (Wildman–Crippen MR) is 133 cm³/mol. The highest BCUT2D eigenvalue weighted by atomic mass is 35.5. The van der Waals surface area contributed by atoms with Gasteiger partial charge in [-0.25, -0.2) is 0 Å². The Morgan fingerprint density at radius 1 is 0.567 bits per heavy atom. The van der Waals surface area contributed by atoms with Crippen molar-refractivity contribution >= 4 is 51.5 Å². The monoisotopic (exact) mass is 464 g/mol. The molecular formula is C26H26Cl2Si2. The maximum absolute atomic E-state index is 6.07. The van der Waals surface area contributed by atoms with Crippen LogP contribution < -0.4 is 0 Å². The number of benzene rings is 2. The normalized spacial score (nSPS) is 48.7. The summed E-state index contributed by atoms with van der Waals surface area (Å²) in [5.41, 5.74) is 12.4. The number of hydrogen-bond acceptors (Lipinski definition) is 0. The molecule has 8 rings (SSSR count). The summed E-state index contributed by atoms with van der Waals surface area (Å²) in [5.74, 6) is 4.31. The first-order valence-corrected chi connectivity index (χ1v) is 17.6. The standard InChI is InChI=1S/C26H26Cl2Si2/c1-29(13-11-15-3-7-17(27)8-4-15)23-19-20-24(29)22-21(23)25(19)30(2,26(20)22)14-12-16-5-9-18(28)10-6-16/h3-14,19-26H,1-2H3/b13-11+,14-12+. The Morgan fingerprint density at radius 2 is 0.867 bits per heavy atom. The lowest BCUT2D eigenvalue weighted by Crippen LogP contribution is -2.48. The van der Waals surface area contributed by atoms with Crippen LogP contribution in [0.5, 0.6) is 0 Å². The summed E-state index contributed by atoms with van der Waals surface area (Å²) in [7, 11) is -2.60. The highest BCUT2D eigenvalue weighted by molar-refractivity contribution is 6.95. The van der Waals surface area contributed by atoms with Gasteiger partial charge < -0.3 is 0 Å². The van der Waals surface area contributed by atoms with Crippen molar-refractivity contribution in [2.24, 2.45) is 23.7 Å². The van der Waals surface area contributed by atoms with Crippen molar-refractivity contribution in [2.45, 2.75) is 35.3 Å². The van der Waals surface area contributed by atoms with Gasteiger partial charge in [-0.05, 0) is 81.2 Å². The summed E-state index contributed by atoms with van der Waals surface area (Å²) in [4.78, 5) is 0. The Bertz CT molecular complexity index is 969. The topological polar surface area (TPSA) is 0 Å². The Labute approximate surface area is 191 Å². The molecule has 4 saturated heterocycles. The van der Waals surface area contributed by atoms with Gasteiger partial charge in [0.15, 0.2) is 0 Å². The van der Waals surface area contributed by atoms with Crippen LogP contribution in [-0.4, -0.2) is 16.1 Å². The molecule has 2 aromatic carbocycles. The van der Waals surface area contributed by atoms with Crippen LogP contribution in [0.4, 0.5) is 0 Å². The fourth-order valence-electron chi connectivity index (χ4n) is 9.45. The second kappa shape index (κ2) is 5.83. The molecule has 0 unspecified atom stereocenters. The SMILES string of the molecule is C[Si]1(/C=C/c2ccc(Cl)cc2)C2C3C4C1C1C2C3[Si](C)(/C=C/c2ccc(Cl)cc2)C41. The van der Waals surface area contributed by atoms with Crippen LogP contribution in [-0.2, 0) is 0 Å². The molecule has 152 valence electrons. The third kappa shape index (κ3) is 2.01. The molecular weight excluding hydrogens is 439 g/mol. The van der Waals surface area contributed by atoms with Gasteiger partial charge in [0.25, 0.3) is 0 Å². The molecule has 0 radical (unpaired) electrons. The Balaban J connectivity index is 1.15. The molecule has 2 saturated carbocycles. The van der Waals surface area contributed by atoms with Crippen molar-refractivity contribution in [2.75, 3.05) is 0 Å². The van der Waals surface area contributed by atoms with Crippen molar-refractivity contribution in [3.05, 3.63) is 81.1 Å². The van der Waals surface area contributed by atoms with E-state index in [-0.39, 0.29) is 0 Å². The quantitative estimate of drug-likeness (QED) is 0.402. The van der Waals surface area contributed by atoms with Crippen LogP contribution in [0, 0.1) is 23.7 Å². The van der Waals surface area contributed by atoms with Gasteiger partial charge in [0.05, 0.1) is 16.1 Å². The van der Waals surface area contributed by atoms with Crippen LogP contribution >= 0.6 is 23.2 Å². The summed E-state index contributed by atoms with van der Waals surface area (Å²) in [5, 5.41) is 1.66. The molecule has 4 bridgehead atoms. The van der Waals surface area contributed by atoms with Gasteiger partial charge in [0.1, 0.15) is 0 Å². The predicted octanol–water partition coefficient (Wildman–Crippen LogP) is 7.97. The number of rotatable bonds is 4. The molecule has 4 heterocycles. The van der Waals surface area contributed by atoms with E-state index in [1.165, 1.54) is 11.1 Å². The van der Waals surface area contributed by atoms with E-state index in [4.69, 9.17) is 23.2 Å². The first-order valence-electron chi connectivity index (χ1n) is 11.3. The van der Waals surface area contributed by atoms with Crippen LogP contribution in [0.25, 0.3) is 12.2 Å². The van der Waals surface area contributed by atoms with E-state index in [2.05, 4.69) is 60.9 Å².